The van der Waals surface area contributed by atoms with Crippen LogP contribution >= 0.6 is 34.3 Å². The number of thiophene rings is 1. The van der Waals surface area contributed by atoms with Gasteiger partial charge in [0.25, 0.3) is 5.91 Å². The molecule has 2 N–H and O–H groups in total. The Labute approximate surface area is 174 Å². The summed E-state index contributed by atoms with van der Waals surface area (Å²) in [5.41, 5.74) is 1.25. The van der Waals surface area contributed by atoms with Gasteiger partial charge in [-0.3, -0.25) is 9.59 Å². The number of thiazole rings is 1. The molecule has 0 spiro atoms. The molecule has 146 valence electrons. The number of nitrogens with one attached hydrogen (secondary N) is 2. The van der Waals surface area contributed by atoms with Crippen molar-refractivity contribution in [3.05, 3.63) is 62.7 Å². The summed E-state index contributed by atoms with van der Waals surface area (Å²) in [6, 6.07) is 9.58. The van der Waals surface area contributed by atoms with E-state index in [9.17, 15) is 14.0 Å². The van der Waals surface area contributed by atoms with Crippen molar-refractivity contribution in [1.29, 1.82) is 0 Å². The van der Waals surface area contributed by atoms with Crippen molar-refractivity contribution < 1.29 is 14.0 Å². The largest absolute Gasteiger partial charge is 0.354 e. The lowest BCUT2D eigenvalue weighted by atomic mass is 10.1. The molecule has 3 aromatic rings. The molecule has 0 aliphatic heterocycles. The number of aryl methyl sites for hydroxylation is 1. The highest BCUT2D eigenvalue weighted by Crippen LogP contribution is 2.34. The summed E-state index contributed by atoms with van der Waals surface area (Å²) in [5, 5.41) is 6.23. The molecule has 0 unspecified atom stereocenters. The fourth-order valence-corrected chi connectivity index (χ4v) is 4.58. The number of nitrogens with zero attached hydrogens (tertiary/aromatic N) is 1. The van der Waals surface area contributed by atoms with Crippen molar-refractivity contribution in [3.8, 4) is 9.88 Å². The van der Waals surface area contributed by atoms with Crippen molar-refractivity contribution in [2.75, 3.05) is 13.1 Å². The van der Waals surface area contributed by atoms with E-state index in [-0.39, 0.29) is 37.1 Å². The zero-order chi connectivity index (χ0) is 20.1. The standard InChI is InChI=1S/C19H17ClFN3O2S2/c1-11-17(28-19(24-11)14-5-6-15(20)27-14)18(26)23-8-7-22-16(25)10-12-3-2-4-13(21)9-12/h2-6,9H,7-8,10H2,1H3,(H,22,25)(H,23,26). The Hall–Kier alpha value is -2.29. The molecule has 0 atom stereocenters. The second-order valence-corrected chi connectivity index (χ2v) is 8.66. The normalized spacial score (nSPS) is 10.7. The number of aromatic nitrogens is 1. The van der Waals surface area contributed by atoms with E-state index in [4.69, 9.17) is 11.6 Å². The van der Waals surface area contributed by atoms with Crippen LogP contribution in [0.1, 0.15) is 20.9 Å². The van der Waals surface area contributed by atoms with Gasteiger partial charge >= 0.3 is 0 Å². The second-order valence-electron chi connectivity index (χ2n) is 5.95. The third kappa shape index (κ3) is 5.37. The molecule has 2 amide bonds. The lowest BCUT2D eigenvalue weighted by Gasteiger charge is -2.07. The summed E-state index contributed by atoms with van der Waals surface area (Å²) in [6.07, 6.45) is 0.0897. The molecule has 0 saturated heterocycles. The van der Waals surface area contributed by atoms with Gasteiger partial charge in [0.15, 0.2) is 0 Å². The van der Waals surface area contributed by atoms with Crippen molar-refractivity contribution in [2.45, 2.75) is 13.3 Å². The van der Waals surface area contributed by atoms with Gasteiger partial charge in [-0.05, 0) is 36.8 Å². The zero-order valence-corrected chi connectivity index (χ0v) is 17.3. The number of carbonyl (C=O) groups is 2. The molecule has 9 heteroatoms. The third-order valence-corrected chi connectivity index (χ3v) is 6.33. The fourth-order valence-electron chi connectivity index (χ4n) is 2.49. The lowest BCUT2D eigenvalue weighted by molar-refractivity contribution is -0.120. The summed E-state index contributed by atoms with van der Waals surface area (Å²) in [7, 11) is 0. The first-order valence-electron chi connectivity index (χ1n) is 8.45. The van der Waals surface area contributed by atoms with E-state index in [1.54, 1.807) is 25.1 Å². The van der Waals surface area contributed by atoms with E-state index < -0.39 is 0 Å². The van der Waals surface area contributed by atoms with E-state index in [2.05, 4.69) is 15.6 Å². The van der Waals surface area contributed by atoms with Gasteiger partial charge in [0.2, 0.25) is 5.91 Å². The van der Waals surface area contributed by atoms with Gasteiger partial charge in [0.1, 0.15) is 15.7 Å². The van der Waals surface area contributed by atoms with Crippen LogP contribution in [0, 0.1) is 12.7 Å². The van der Waals surface area contributed by atoms with Crippen LogP contribution in [0.25, 0.3) is 9.88 Å². The first-order chi connectivity index (χ1) is 13.4. The maximum absolute atomic E-state index is 13.1. The third-order valence-electron chi connectivity index (χ3n) is 3.77. The van der Waals surface area contributed by atoms with Crippen molar-refractivity contribution in [2.24, 2.45) is 0 Å². The van der Waals surface area contributed by atoms with E-state index in [0.717, 1.165) is 9.88 Å². The summed E-state index contributed by atoms with van der Waals surface area (Å²) in [4.78, 5) is 30.1. The van der Waals surface area contributed by atoms with E-state index in [0.29, 0.717) is 20.5 Å². The van der Waals surface area contributed by atoms with Crippen LogP contribution in [0.4, 0.5) is 4.39 Å². The van der Waals surface area contributed by atoms with Crippen molar-refractivity contribution >= 4 is 46.1 Å². The molecular weight excluding hydrogens is 421 g/mol. The molecule has 5 nitrogen and oxygen atoms in total. The number of hydrogen-bond donors (Lipinski definition) is 2. The minimum atomic E-state index is -0.373. The van der Waals surface area contributed by atoms with E-state index in [1.165, 1.54) is 34.8 Å². The molecular formula is C19H17ClFN3O2S2. The van der Waals surface area contributed by atoms with Crippen LogP contribution in [0.2, 0.25) is 4.34 Å². The van der Waals surface area contributed by atoms with Crippen molar-refractivity contribution in [1.82, 2.24) is 15.6 Å². The van der Waals surface area contributed by atoms with Gasteiger partial charge in [-0.15, -0.1) is 22.7 Å². The number of rotatable bonds is 7. The molecule has 3 rings (SSSR count). The Kier molecular flexibility index (Phi) is 6.77. The average molecular weight is 438 g/mol. The highest BCUT2D eigenvalue weighted by Gasteiger charge is 2.17. The number of carbonyl (C=O) groups excluding carboxylic acids is 2. The molecule has 0 aliphatic rings. The average Bonchev–Trinajstić information content (AvgIpc) is 3.24. The molecule has 1 aromatic carbocycles. The molecule has 0 bridgehead atoms. The predicted molar refractivity (Wildman–Crippen MR) is 111 cm³/mol. The molecule has 2 heterocycles. The van der Waals surface area contributed by atoms with Gasteiger partial charge < -0.3 is 10.6 Å². The van der Waals surface area contributed by atoms with Gasteiger partial charge in [0, 0.05) is 13.1 Å². The van der Waals surface area contributed by atoms with Crippen LogP contribution < -0.4 is 10.6 Å². The molecule has 0 fully saturated rings. The molecule has 0 aliphatic carbocycles. The SMILES string of the molecule is Cc1nc(-c2ccc(Cl)s2)sc1C(=O)NCCNC(=O)Cc1cccc(F)c1. The smallest absolute Gasteiger partial charge is 0.263 e. The summed E-state index contributed by atoms with van der Waals surface area (Å²) < 4.78 is 13.8. The zero-order valence-electron chi connectivity index (χ0n) is 14.9. The van der Waals surface area contributed by atoms with Crippen molar-refractivity contribution in [3.63, 3.8) is 0 Å². The fraction of sp³-hybridized carbons (Fsp3) is 0.211. The monoisotopic (exact) mass is 437 g/mol. The molecule has 28 heavy (non-hydrogen) atoms. The van der Waals surface area contributed by atoms with Crippen LogP contribution in [-0.4, -0.2) is 29.9 Å². The van der Waals surface area contributed by atoms with Crippen LogP contribution in [0.3, 0.4) is 0 Å². The number of halogens is 2. The van der Waals surface area contributed by atoms with Crippen LogP contribution in [0.5, 0.6) is 0 Å². The molecule has 0 radical (unpaired) electrons. The minimum Gasteiger partial charge on any atom is -0.354 e. The minimum absolute atomic E-state index is 0.0897. The summed E-state index contributed by atoms with van der Waals surface area (Å²) >= 11 is 8.67. The Morgan fingerprint density at radius 3 is 2.64 bits per heavy atom. The number of hydrogen-bond acceptors (Lipinski definition) is 5. The first-order valence-corrected chi connectivity index (χ1v) is 10.5. The van der Waals surface area contributed by atoms with Gasteiger partial charge in [-0.1, -0.05) is 23.7 Å². The molecule has 2 aromatic heterocycles. The number of benzene rings is 1. The second kappa shape index (κ2) is 9.27. The van der Waals surface area contributed by atoms with Gasteiger partial charge in [0.05, 0.1) is 21.3 Å². The Morgan fingerprint density at radius 1 is 1.14 bits per heavy atom. The summed E-state index contributed by atoms with van der Waals surface area (Å²) in [5.74, 6) is -0.837. The summed E-state index contributed by atoms with van der Waals surface area (Å²) in [6.45, 7) is 2.35. The quantitative estimate of drug-likeness (QED) is 0.547. The van der Waals surface area contributed by atoms with Gasteiger partial charge in [-0.25, -0.2) is 9.37 Å². The van der Waals surface area contributed by atoms with Crippen LogP contribution in [-0.2, 0) is 11.2 Å². The molecule has 0 saturated carbocycles. The Bertz CT molecular complexity index is 1000. The van der Waals surface area contributed by atoms with E-state index in [1.807, 2.05) is 6.07 Å². The highest BCUT2D eigenvalue weighted by atomic mass is 35.5. The Balaban J connectivity index is 1.47. The van der Waals surface area contributed by atoms with E-state index >= 15 is 0 Å². The van der Waals surface area contributed by atoms with Gasteiger partial charge in [-0.2, -0.15) is 0 Å². The van der Waals surface area contributed by atoms with Crippen LogP contribution in [0.15, 0.2) is 36.4 Å². The maximum Gasteiger partial charge on any atom is 0.263 e. The highest BCUT2D eigenvalue weighted by molar-refractivity contribution is 7.24. The maximum atomic E-state index is 13.1. The predicted octanol–water partition coefficient (Wildman–Crippen LogP) is 4.06. The first kappa shape index (κ1) is 20.4. The topological polar surface area (TPSA) is 71.1 Å². The number of amides is 2. The lowest BCUT2D eigenvalue weighted by Crippen LogP contribution is -2.35. The Morgan fingerprint density at radius 2 is 1.93 bits per heavy atom.